The second kappa shape index (κ2) is 11.9. The summed E-state index contributed by atoms with van der Waals surface area (Å²) in [5.74, 6) is 0.335. The second-order valence-electron chi connectivity index (χ2n) is 7.51. The van der Waals surface area contributed by atoms with Crippen LogP contribution >= 0.6 is 15.9 Å². The van der Waals surface area contributed by atoms with Crippen LogP contribution in [0.4, 0.5) is 11.4 Å². The third kappa shape index (κ3) is 6.20. The molecule has 3 aromatic rings. The van der Waals surface area contributed by atoms with E-state index in [1.54, 1.807) is 12.1 Å². The summed E-state index contributed by atoms with van der Waals surface area (Å²) in [4.78, 5) is 23.3. The van der Waals surface area contributed by atoms with Crippen molar-refractivity contribution in [2.24, 2.45) is 0 Å². The van der Waals surface area contributed by atoms with Crippen molar-refractivity contribution in [1.82, 2.24) is 0 Å². The van der Waals surface area contributed by atoms with Gasteiger partial charge in [0.25, 0.3) is 11.6 Å². The summed E-state index contributed by atoms with van der Waals surface area (Å²) in [7, 11) is 2.85. The lowest BCUT2D eigenvalue weighted by Gasteiger charge is -2.15. The first-order chi connectivity index (χ1) is 17.3. The van der Waals surface area contributed by atoms with Crippen LogP contribution in [-0.2, 0) is 11.4 Å². The quantitative estimate of drug-likeness (QED) is 0.154. The number of nitro benzene ring substituents is 1. The van der Waals surface area contributed by atoms with Gasteiger partial charge in [-0.3, -0.25) is 14.9 Å². The Morgan fingerprint density at radius 2 is 1.86 bits per heavy atom. The molecule has 0 atom stereocenters. The Balaban J connectivity index is 1.87. The number of amides is 1. The number of nitrogens with one attached hydrogen (secondary N) is 1. The van der Waals surface area contributed by atoms with Gasteiger partial charge in [-0.05, 0) is 63.8 Å². The number of halogens is 1. The number of hydrogen-bond donors (Lipinski definition) is 1. The molecule has 36 heavy (non-hydrogen) atoms. The fourth-order valence-electron chi connectivity index (χ4n) is 3.30. The Kier molecular flexibility index (Phi) is 8.65. The van der Waals surface area contributed by atoms with E-state index >= 15 is 0 Å². The first-order valence-corrected chi connectivity index (χ1v) is 11.4. The van der Waals surface area contributed by atoms with E-state index in [9.17, 15) is 20.2 Å². The lowest BCUT2D eigenvalue weighted by molar-refractivity contribution is -0.384. The van der Waals surface area contributed by atoms with E-state index in [-0.39, 0.29) is 22.7 Å². The fraction of sp³-hybridized carbons (Fsp3) is 0.154. The third-order valence-corrected chi connectivity index (χ3v) is 5.79. The third-order valence-electron chi connectivity index (χ3n) is 5.20. The first kappa shape index (κ1) is 26.2. The number of nitro groups is 1. The molecule has 10 heteroatoms. The van der Waals surface area contributed by atoms with Crippen molar-refractivity contribution in [1.29, 1.82) is 5.26 Å². The zero-order chi connectivity index (χ0) is 26.2. The van der Waals surface area contributed by atoms with Gasteiger partial charge in [-0.1, -0.05) is 24.3 Å². The lowest BCUT2D eigenvalue weighted by Crippen LogP contribution is -2.14. The molecule has 0 heterocycles. The van der Waals surface area contributed by atoms with Crippen molar-refractivity contribution in [3.05, 3.63) is 91.4 Å². The number of hydrogen-bond acceptors (Lipinski definition) is 7. The smallest absolute Gasteiger partial charge is 0.271 e. The highest BCUT2D eigenvalue weighted by Gasteiger charge is 2.18. The molecule has 0 radical (unpaired) electrons. The predicted molar refractivity (Wildman–Crippen MR) is 138 cm³/mol. The van der Waals surface area contributed by atoms with Gasteiger partial charge >= 0.3 is 0 Å². The minimum atomic E-state index is -0.758. The largest absolute Gasteiger partial charge is 0.495 e. The van der Waals surface area contributed by atoms with Crippen LogP contribution in [0.2, 0.25) is 0 Å². The van der Waals surface area contributed by atoms with Gasteiger partial charge in [0.2, 0.25) is 0 Å². The van der Waals surface area contributed by atoms with Crippen molar-refractivity contribution in [2.45, 2.75) is 13.5 Å². The monoisotopic (exact) mass is 551 g/mol. The van der Waals surface area contributed by atoms with Crippen LogP contribution in [0.1, 0.15) is 16.7 Å². The molecule has 0 aliphatic rings. The highest BCUT2D eigenvalue weighted by atomic mass is 79.9. The Bertz CT molecular complexity index is 1380. The summed E-state index contributed by atoms with van der Waals surface area (Å²) >= 11 is 3.48. The fourth-order valence-corrected chi connectivity index (χ4v) is 3.87. The van der Waals surface area contributed by atoms with E-state index in [4.69, 9.17) is 14.2 Å². The molecular formula is C26H22BrN3O6. The number of methoxy groups -OCH3 is 2. The number of ether oxygens (including phenoxy) is 3. The maximum Gasteiger partial charge on any atom is 0.271 e. The molecule has 3 aromatic carbocycles. The molecule has 1 amide bonds. The lowest BCUT2D eigenvalue weighted by atomic mass is 10.1. The summed E-state index contributed by atoms with van der Waals surface area (Å²) in [6.45, 7) is 2.32. The van der Waals surface area contributed by atoms with Gasteiger partial charge in [0, 0.05) is 12.1 Å². The number of aryl methyl sites for hydroxylation is 1. The second-order valence-corrected chi connectivity index (χ2v) is 8.37. The molecule has 0 bridgehead atoms. The van der Waals surface area contributed by atoms with Gasteiger partial charge in [0.1, 0.15) is 24.0 Å². The molecule has 0 fully saturated rings. The summed E-state index contributed by atoms with van der Waals surface area (Å²) in [6.07, 6.45) is 1.37. The standard InChI is InChI=1S/C26H22BrN3O6/c1-16-6-4-5-7-18(16)15-36-25-21(27)11-17(12-24(25)35-3)10-19(14-28)26(31)29-22-13-20(30(32)33)8-9-23(22)34-2/h4-13H,15H2,1-3H3,(H,29,31)/b19-10+. The van der Waals surface area contributed by atoms with Crippen LogP contribution in [0.5, 0.6) is 17.2 Å². The van der Waals surface area contributed by atoms with Crippen molar-refractivity contribution in [3.63, 3.8) is 0 Å². The number of nitriles is 1. The van der Waals surface area contributed by atoms with Gasteiger partial charge in [0.05, 0.1) is 29.3 Å². The van der Waals surface area contributed by atoms with E-state index in [2.05, 4.69) is 21.2 Å². The molecule has 9 nitrogen and oxygen atoms in total. The number of anilines is 1. The van der Waals surface area contributed by atoms with Crippen LogP contribution in [-0.4, -0.2) is 25.1 Å². The van der Waals surface area contributed by atoms with Crippen LogP contribution in [0.15, 0.2) is 64.6 Å². The van der Waals surface area contributed by atoms with Crippen molar-refractivity contribution < 1.29 is 23.9 Å². The molecule has 0 saturated heterocycles. The highest BCUT2D eigenvalue weighted by Crippen LogP contribution is 2.38. The van der Waals surface area contributed by atoms with Crippen LogP contribution in [0.3, 0.4) is 0 Å². The summed E-state index contributed by atoms with van der Waals surface area (Å²) in [5, 5.41) is 23.2. The van der Waals surface area contributed by atoms with Gasteiger partial charge in [-0.2, -0.15) is 5.26 Å². The van der Waals surface area contributed by atoms with E-state index in [1.165, 1.54) is 32.4 Å². The molecule has 0 unspecified atom stereocenters. The number of carbonyl (C=O) groups is 1. The molecule has 0 spiro atoms. The van der Waals surface area contributed by atoms with E-state index in [1.807, 2.05) is 37.3 Å². The summed E-state index contributed by atoms with van der Waals surface area (Å²) in [6, 6.07) is 16.8. The van der Waals surface area contributed by atoms with Crippen LogP contribution in [0.25, 0.3) is 6.08 Å². The molecule has 0 aliphatic heterocycles. The molecule has 0 aromatic heterocycles. The van der Waals surface area contributed by atoms with E-state index < -0.39 is 10.8 Å². The van der Waals surface area contributed by atoms with Crippen LogP contribution in [0, 0.1) is 28.4 Å². The van der Waals surface area contributed by atoms with Gasteiger partial charge < -0.3 is 19.5 Å². The predicted octanol–water partition coefficient (Wildman–Crippen LogP) is 5.81. The first-order valence-electron chi connectivity index (χ1n) is 10.6. The number of non-ortho nitro benzene ring substituents is 1. The molecule has 184 valence electrons. The molecule has 0 aliphatic carbocycles. The number of nitrogens with zero attached hydrogens (tertiary/aromatic N) is 2. The summed E-state index contributed by atoms with van der Waals surface area (Å²) < 4.78 is 17.2. The molecule has 3 rings (SSSR count). The van der Waals surface area contributed by atoms with Gasteiger partial charge in [0.15, 0.2) is 11.5 Å². The molecular weight excluding hydrogens is 530 g/mol. The number of benzene rings is 3. The maximum atomic E-state index is 12.8. The Morgan fingerprint density at radius 3 is 2.50 bits per heavy atom. The highest BCUT2D eigenvalue weighted by molar-refractivity contribution is 9.10. The zero-order valence-electron chi connectivity index (χ0n) is 19.7. The number of rotatable bonds is 9. The number of carbonyl (C=O) groups excluding carboxylic acids is 1. The zero-order valence-corrected chi connectivity index (χ0v) is 21.3. The van der Waals surface area contributed by atoms with Gasteiger partial charge in [-0.15, -0.1) is 0 Å². The van der Waals surface area contributed by atoms with Crippen LogP contribution < -0.4 is 19.5 Å². The van der Waals surface area contributed by atoms with E-state index in [0.29, 0.717) is 28.1 Å². The molecule has 0 saturated carbocycles. The Hall–Kier alpha value is -4.36. The van der Waals surface area contributed by atoms with Crippen molar-refractivity contribution in [2.75, 3.05) is 19.5 Å². The van der Waals surface area contributed by atoms with Crippen molar-refractivity contribution >= 4 is 39.3 Å². The minimum absolute atomic E-state index is 0.0663. The van der Waals surface area contributed by atoms with Gasteiger partial charge in [-0.25, -0.2) is 0 Å². The summed E-state index contributed by atoms with van der Waals surface area (Å²) in [5.41, 5.74) is 2.22. The Labute approximate surface area is 216 Å². The SMILES string of the molecule is COc1ccc([N+](=O)[O-])cc1NC(=O)/C(C#N)=C/c1cc(Br)c(OCc2ccccc2C)c(OC)c1. The molecule has 1 N–H and O–H groups in total. The normalized spacial score (nSPS) is 10.8. The topological polar surface area (TPSA) is 124 Å². The average Bonchev–Trinajstić information content (AvgIpc) is 2.87. The maximum absolute atomic E-state index is 12.8. The average molecular weight is 552 g/mol. The van der Waals surface area contributed by atoms with E-state index in [0.717, 1.165) is 17.2 Å². The Morgan fingerprint density at radius 1 is 1.14 bits per heavy atom. The minimum Gasteiger partial charge on any atom is -0.495 e. The van der Waals surface area contributed by atoms with Crippen molar-refractivity contribution in [3.8, 4) is 23.3 Å².